The number of rotatable bonds is 4. The molecule has 0 unspecified atom stereocenters. The molecule has 1 N–H and O–H groups in total. The van der Waals surface area contributed by atoms with Crippen molar-refractivity contribution >= 4 is 22.5 Å². The molecular formula is C24H34N4O2. The largest absolute Gasteiger partial charge is 0.493 e. The van der Waals surface area contributed by atoms with E-state index in [1.54, 1.807) is 0 Å². The van der Waals surface area contributed by atoms with Gasteiger partial charge in [-0.2, -0.15) is 0 Å². The molecule has 162 valence electrons. The fraction of sp³-hybridized carbons (Fsp3) is 0.625. The molecule has 4 rings (SSSR count). The summed E-state index contributed by atoms with van der Waals surface area (Å²) in [5, 5.41) is 19.5. The van der Waals surface area contributed by atoms with Crippen LogP contribution in [0.4, 0.5) is 5.69 Å². The summed E-state index contributed by atoms with van der Waals surface area (Å²) in [5.41, 5.74) is 1.36. The number of carbonyl (C=O) groups is 1. The lowest BCUT2D eigenvalue weighted by molar-refractivity contribution is -0.116. The SMILES string of the molecule is CC(=O)N=Nc1c(O)n(C2CCN(C3CCC(C(C)C)CC3)CC2)c2ccccc12. The van der Waals surface area contributed by atoms with Gasteiger partial charge in [0.2, 0.25) is 5.88 Å². The number of aromatic hydroxyl groups is 1. The predicted molar refractivity (Wildman–Crippen MR) is 119 cm³/mol. The number of fused-ring (bicyclic) bond motifs is 1. The Labute approximate surface area is 179 Å². The molecule has 0 atom stereocenters. The highest BCUT2D eigenvalue weighted by Crippen LogP contribution is 2.43. The first-order valence-corrected chi connectivity index (χ1v) is 11.4. The fourth-order valence-electron chi connectivity index (χ4n) is 5.46. The summed E-state index contributed by atoms with van der Waals surface area (Å²) >= 11 is 0. The second kappa shape index (κ2) is 8.88. The van der Waals surface area contributed by atoms with Crippen LogP contribution in [0.1, 0.15) is 65.3 Å². The van der Waals surface area contributed by atoms with E-state index in [2.05, 4.69) is 29.0 Å². The Kier molecular flexibility index (Phi) is 6.23. The van der Waals surface area contributed by atoms with Crippen molar-refractivity contribution in [2.45, 2.75) is 71.4 Å². The second-order valence-electron chi connectivity index (χ2n) is 9.36. The van der Waals surface area contributed by atoms with E-state index in [9.17, 15) is 9.90 Å². The number of hydrogen-bond donors (Lipinski definition) is 1. The normalized spacial score (nSPS) is 24.3. The lowest BCUT2D eigenvalue weighted by Crippen LogP contribution is -2.43. The van der Waals surface area contributed by atoms with E-state index in [-0.39, 0.29) is 17.8 Å². The van der Waals surface area contributed by atoms with Crippen molar-refractivity contribution < 1.29 is 9.90 Å². The molecule has 2 aromatic rings. The highest BCUT2D eigenvalue weighted by atomic mass is 16.3. The van der Waals surface area contributed by atoms with Crippen molar-refractivity contribution in [1.29, 1.82) is 0 Å². The molecule has 6 heteroatoms. The number of piperidine rings is 1. The lowest BCUT2D eigenvalue weighted by atomic mass is 9.79. The summed E-state index contributed by atoms with van der Waals surface area (Å²) in [6, 6.07) is 8.81. The van der Waals surface area contributed by atoms with E-state index in [0.717, 1.165) is 54.7 Å². The van der Waals surface area contributed by atoms with E-state index in [1.165, 1.54) is 32.6 Å². The Morgan fingerprint density at radius 2 is 1.70 bits per heavy atom. The molecule has 1 aromatic carbocycles. The van der Waals surface area contributed by atoms with Crippen LogP contribution in [0, 0.1) is 11.8 Å². The van der Waals surface area contributed by atoms with Gasteiger partial charge in [-0.1, -0.05) is 32.0 Å². The molecule has 2 aliphatic rings. The first-order chi connectivity index (χ1) is 14.5. The van der Waals surface area contributed by atoms with Crippen LogP contribution >= 0.6 is 0 Å². The maximum atomic E-state index is 11.3. The van der Waals surface area contributed by atoms with Gasteiger partial charge in [0.25, 0.3) is 5.91 Å². The summed E-state index contributed by atoms with van der Waals surface area (Å²) in [7, 11) is 0. The van der Waals surface area contributed by atoms with Gasteiger partial charge in [-0.25, -0.2) is 0 Å². The van der Waals surface area contributed by atoms with Crippen molar-refractivity contribution in [1.82, 2.24) is 9.47 Å². The molecule has 30 heavy (non-hydrogen) atoms. The molecule has 1 saturated heterocycles. The smallest absolute Gasteiger partial charge is 0.261 e. The monoisotopic (exact) mass is 410 g/mol. The minimum atomic E-state index is -0.369. The average Bonchev–Trinajstić information content (AvgIpc) is 3.03. The second-order valence-corrected chi connectivity index (χ2v) is 9.36. The number of likely N-dealkylation sites (tertiary alicyclic amines) is 1. The third-order valence-corrected chi connectivity index (χ3v) is 7.21. The van der Waals surface area contributed by atoms with Crippen molar-refractivity contribution in [2.75, 3.05) is 13.1 Å². The van der Waals surface area contributed by atoms with Gasteiger partial charge in [0.1, 0.15) is 0 Å². The molecule has 0 radical (unpaired) electrons. The van der Waals surface area contributed by atoms with Crippen LogP contribution < -0.4 is 0 Å². The quantitative estimate of drug-likeness (QED) is 0.645. The van der Waals surface area contributed by atoms with E-state index >= 15 is 0 Å². The zero-order valence-electron chi connectivity index (χ0n) is 18.4. The Morgan fingerprint density at radius 1 is 1.03 bits per heavy atom. The van der Waals surface area contributed by atoms with E-state index in [4.69, 9.17) is 0 Å². The van der Waals surface area contributed by atoms with Gasteiger partial charge in [0.15, 0.2) is 5.69 Å². The number of amides is 1. The number of nitrogens with zero attached hydrogens (tertiary/aromatic N) is 4. The average molecular weight is 411 g/mol. The number of para-hydroxylation sites is 1. The summed E-state index contributed by atoms with van der Waals surface area (Å²) < 4.78 is 2.01. The van der Waals surface area contributed by atoms with Gasteiger partial charge < -0.3 is 14.6 Å². The van der Waals surface area contributed by atoms with Crippen LogP contribution in [-0.2, 0) is 4.79 Å². The Hall–Kier alpha value is -2.21. The molecule has 0 bridgehead atoms. The third kappa shape index (κ3) is 4.15. The molecule has 1 saturated carbocycles. The van der Waals surface area contributed by atoms with E-state index in [0.29, 0.717) is 5.69 Å². The molecule has 2 heterocycles. The van der Waals surface area contributed by atoms with E-state index < -0.39 is 0 Å². The molecule has 1 aromatic heterocycles. The molecule has 2 fully saturated rings. The third-order valence-electron chi connectivity index (χ3n) is 7.21. The van der Waals surface area contributed by atoms with Crippen LogP contribution in [0.2, 0.25) is 0 Å². The number of hydrogen-bond acceptors (Lipinski definition) is 4. The number of azo groups is 1. The van der Waals surface area contributed by atoms with Crippen molar-refractivity contribution in [3.63, 3.8) is 0 Å². The first kappa shape index (κ1) is 21.0. The maximum absolute atomic E-state index is 11.3. The summed E-state index contributed by atoms with van der Waals surface area (Å²) in [5.74, 6) is 1.45. The standard InChI is InChI=1S/C24H34N4O2/c1-16(2)18-8-10-19(11-9-18)27-14-12-20(13-15-27)28-22-7-5-4-6-21(22)23(24(28)30)26-25-17(3)29/h4-7,16,18-20,30H,8-15H2,1-3H3. The highest BCUT2D eigenvalue weighted by molar-refractivity contribution is 5.95. The Morgan fingerprint density at radius 3 is 2.33 bits per heavy atom. The molecule has 1 amide bonds. The molecule has 6 nitrogen and oxygen atoms in total. The summed E-state index contributed by atoms with van der Waals surface area (Å²) in [6.07, 6.45) is 7.38. The predicted octanol–water partition coefficient (Wildman–Crippen LogP) is 5.83. The topological polar surface area (TPSA) is 70.2 Å². The Balaban J connectivity index is 1.49. The van der Waals surface area contributed by atoms with Gasteiger partial charge in [0.05, 0.1) is 5.52 Å². The van der Waals surface area contributed by atoms with Gasteiger partial charge in [-0.15, -0.1) is 10.2 Å². The zero-order valence-corrected chi connectivity index (χ0v) is 18.4. The van der Waals surface area contributed by atoms with Crippen LogP contribution in [0.5, 0.6) is 5.88 Å². The Bertz CT molecular complexity index is 917. The minimum Gasteiger partial charge on any atom is -0.493 e. The first-order valence-electron chi connectivity index (χ1n) is 11.4. The van der Waals surface area contributed by atoms with Crippen molar-refractivity contribution in [2.24, 2.45) is 22.1 Å². The van der Waals surface area contributed by atoms with Crippen LogP contribution in [-0.4, -0.2) is 39.6 Å². The van der Waals surface area contributed by atoms with Crippen molar-refractivity contribution in [3.8, 4) is 5.88 Å². The number of carbonyl (C=O) groups excluding carboxylic acids is 1. The van der Waals surface area contributed by atoms with Gasteiger partial charge in [0, 0.05) is 37.5 Å². The summed E-state index contributed by atoms with van der Waals surface area (Å²) in [6.45, 7) is 8.21. The molecule has 1 aliphatic carbocycles. The minimum absolute atomic E-state index is 0.122. The molecule has 0 spiro atoms. The van der Waals surface area contributed by atoms with Crippen LogP contribution in [0.15, 0.2) is 34.5 Å². The zero-order chi connectivity index (χ0) is 21.3. The van der Waals surface area contributed by atoms with Crippen LogP contribution in [0.3, 0.4) is 0 Å². The van der Waals surface area contributed by atoms with Gasteiger partial charge in [-0.3, -0.25) is 4.79 Å². The molecule has 1 aliphatic heterocycles. The van der Waals surface area contributed by atoms with Crippen molar-refractivity contribution in [3.05, 3.63) is 24.3 Å². The number of benzene rings is 1. The van der Waals surface area contributed by atoms with Crippen LogP contribution in [0.25, 0.3) is 10.9 Å². The molecular weight excluding hydrogens is 376 g/mol. The maximum Gasteiger partial charge on any atom is 0.261 e. The lowest BCUT2D eigenvalue weighted by Gasteiger charge is -2.42. The highest BCUT2D eigenvalue weighted by Gasteiger charge is 2.32. The van der Waals surface area contributed by atoms with Gasteiger partial charge in [-0.05, 0) is 56.4 Å². The summed E-state index contributed by atoms with van der Waals surface area (Å²) in [4.78, 5) is 13.9. The fourth-order valence-corrected chi connectivity index (χ4v) is 5.46. The van der Waals surface area contributed by atoms with E-state index in [1.807, 2.05) is 28.8 Å². The van der Waals surface area contributed by atoms with Gasteiger partial charge >= 0.3 is 0 Å². The number of aromatic nitrogens is 1.